The zero-order valence-electron chi connectivity index (χ0n) is 68.0. The van der Waals surface area contributed by atoms with Crippen LogP contribution in [0.4, 0.5) is 17.1 Å². The van der Waals surface area contributed by atoms with Crippen molar-refractivity contribution >= 4 is 217 Å². The molecule has 0 saturated carbocycles. The molecule has 0 saturated heterocycles. The molecule has 0 bridgehead atoms. The molecule has 6 aliphatic heterocycles. The number of carbonyl (C=O) groups excluding carboxylic acids is 12. The van der Waals surface area contributed by atoms with Gasteiger partial charge in [-0.25, -0.2) is 14.7 Å². The lowest BCUT2D eigenvalue weighted by Gasteiger charge is -2.37. The molecular formula is C105H68N6O15. The lowest BCUT2D eigenvalue weighted by molar-refractivity contribution is -0.0841. The number of hydrogen-bond donors (Lipinski definition) is 0. The van der Waals surface area contributed by atoms with Crippen LogP contribution in [0.1, 0.15) is 158 Å². The van der Waals surface area contributed by atoms with Gasteiger partial charge in [-0.1, -0.05) is 134 Å². The standard InChI is InChI=1S/C105H68N6O15/c1-5-105(48-124-45-51(2)106-93(112)69-33-21-57-63-27-39-75-90-76(100(119)109(99(75)118)54-15-9-6-10-16-54)40-28-64(84(63)90)58-22-34-70(94(106)113)87(69)81(57)58,49-125-46-52(3)107-95(114)71-35-23-59-65-29-41-77-91-78(102(121)110(101(77)120)55-17-11-7-12-18-55)42-30-66(85(65)91)60-24-36-72(96(107)115)88(71)82(59)60)50-126-47-53(4)108-97(116)73-37-25-61-67-31-43-79-92-80(104(123)111(103(79)122)56-19-13-8-14-20-56)44-32-68(86(67)92)62-26-38-74(98(108)117)89(73)83(61)62/h6-44,51-53H,5,45-50H2,1-4H3. The smallest absolute Gasteiger partial charge is 0.265 e. The molecule has 18 aromatic carbocycles. The van der Waals surface area contributed by atoms with E-state index in [2.05, 4.69) is 0 Å². The second-order valence-electron chi connectivity index (χ2n) is 34.2. The largest absolute Gasteiger partial charge is 0.379 e. The van der Waals surface area contributed by atoms with Gasteiger partial charge in [-0.05, 0) is 233 Å². The first-order valence-electron chi connectivity index (χ1n) is 42.0. The summed E-state index contributed by atoms with van der Waals surface area (Å²) in [5.74, 6) is -5.89. The van der Waals surface area contributed by atoms with Crippen molar-refractivity contribution in [3.05, 3.63) is 303 Å². The third-order valence-corrected chi connectivity index (χ3v) is 27.4. The first-order chi connectivity index (χ1) is 61.3. The maximum atomic E-state index is 15.2. The van der Waals surface area contributed by atoms with Crippen LogP contribution in [0.3, 0.4) is 0 Å². The topological polar surface area (TPSA) is 252 Å². The molecule has 18 aromatic rings. The van der Waals surface area contributed by atoms with Gasteiger partial charge in [0.25, 0.3) is 70.9 Å². The molecule has 0 radical (unpaired) electrons. The Balaban J connectivity index is 0.518. The predicted octanol–water partition coefficient (Wildman–Crippen LogP) is 19.0. The number of rotatable bonds is 19. The number of benzene rings is 18. The molecule has 3 unspecified atom stereocenters. The lowest BCUT2D eigenvalue weighted by atomic mass is 9.82. The summed E-state index contributed by atoms with van der Waals surface area (Å²) in [5.41, 5.74) is 4.39. The summed E-state index contributed by atoms with van der Waals surface area (Å²) in [6.45, 7) is 6.42. The molecule has 0 N–H and O–H groups in total. The van der Waals surface area contributed by atoms with E-state index in [0.29, 0.717) is 139 Å². The van der Waals surface area contributed by atoms with Gasteiger partial charge in [0.05, 0.1) is 74.8 Å². The lowest BCUT2D eigenvalue weighted by Crippen LogP contribution is -2.49. The summed E-state index contributed by atoms with van der Waals surface area (Å²) in [4.78, 5) is 185. The number of carbonyl (C=O) groups is 12. The minimum absolute atomic E-state index is 0.0821. The third-order valence-electron chi connectivity index (χ3n) is 27.4. The van der Waals surface area contributed by atoms with Gasteiger partial charge in [-0.2, -0.15) is 0 Å². The summed E-state index contributed by atoms with van der Waals surface area (Å²) in [5, 5.41) is 16.2. The predicted molar refractivity (Wildman–Crippen MR) is 481 cm³/mol. The molecule has 12 amide bonds. The Morgan fingerprint density at radius 2 is 0.373 bits per heavy atom. The van der Waals surface area contributed by atoms with Gasteiger partial charge in [-0.3, -0.25) is 72.2 Å². The number of para-hydroxylation sites is 3. The molecule has 0 spiro atoms. The van der Waals surface area contributed by atoms with E-state index in [1.165, 1.54) is 29.4 Å². The van der Waals surface area contributed by atoms with Gasteiger partial charge in [0.2, 0.25) is 0 Å². The van der Waals surface area contributed by atoms with Gasteiger partial charge in [-0.15, -0.1) is 0 Å². The Kier molecular flexibility index (Phi) is 15.8. The van der Waals surface area contributed by atoms with Crippen LogP contribution >= 0.6 is 0 Å². The first-order valence-corrected chi connectivity index (χ1v) is 42.0. The van der Waals surface area contributed by atoms with Gasteiger partial charge >= 0.3 is 0 Å². The monoisotopic (exact) mass is 1650 g/mol. The van der Waals surface area contributed by atoms with E-state index in [1.807, 2.05) is 97.9 Å². The van der Waals surface area contributed by atoms with Crippen molar-refractivity contribution in [2.24, 2.45) is 5.41 Å². The van der Waals surface area contributed by atoms with Crippen molar-refractivity contribution in [3.8, 4) is 0 Å². The van der Waals surface area contributed by atoms with Gasteiger partial charge in [0.15, 0.2) is 0 Å². The van der Waals surface area contributed by atoms with E-state index in [-0.39, 0.29) is 39.6 Å². The van der Waals surface area contributed by atoms with Crippen molar-refractivity contribution in [1.29, 1.82) is 0 Å². The number of hydrogen-bond acceptors (Lipinski definition) is 15. The zero-order chi connectivity index (χ0) is 85.8. The molecule has 6 aliphatic rings. The van der Waals surface area contributed by atoms with Crippen LogP contribution < -0.4 is 14.7 Å². The quantitative estimate of drug-likeness (QED) is 0.0414. The minimum Gasteiger partial charge on any atom is -0.379 e. The van der Waals surface area contributed by atoms with Crippen molar-refractivity contribution in [2.45, 2.75) is 52.2 Å². The highest BCUT2D eigenvalue weighted by Gasteiger charge is 2.46. The summed E-state index contributed by atoms with van der Waals surface area (Å²) in [7, 11) is 0. The maximum Gasteiger partial charge on any atom is 0.265 e. The van der Waals surface area contributed by atoms with E-state index in [9.17, 15) is 28.8 Å². The summed E-state index contributed by atoms with van der Waals surface area (Å²) < 4.78 is 20.2. The van der Waals surface area contributed by atoms with Gasteiger partial charge in [0.1, 0.15) is 0 Å². The van der Waals surface area contributed by atoms with Crippen LogP contribution in [0.25, 0.3) is 129 Å². The molecule has 0 aromatic heterocycles. The number of ether oxygens (including phenoxy) is 3. The summed E-state index contributed by atoms with van der Waals surface area (Å²) in [6, 6.07) is 67.0. The number of nitrogens with zero attached hydrogens (tertiary/aromatic N) is 6. The highest BCUT2D eigenvalue weighted by molar-refractivity contribution is 6.48. The molecule has 0 aliphatic carbocycles. The maximum absolute atomic E-state index is 15.2. The first kappa shape index (κ1) is 74.4. The zero-order valence-corrected chi connectivity index (χ0v) is 68.0. The number of fused-ring (bicyclic) bond motifs is 6. The van der Waals surface area contributed by atoms with Gasteiger partial charge < -0.3 is 14.2 Å². The molecule has 0 fully saturated rings. The number of anilines is 3. The SMILES string of the molecule is CCC(COCC(C)N1C(=O)c2ccc3c4ccc5c6c(ccc(c7ccc(c2c37)C1=O)c64)C(=O)N(c1ccccc1)C5=O)(COCC(C)N1C(=O)c2ccc3c4ccc5c6c(ccc(c7ccc(c2c37)C1=O)c64)C(=O)N(c1ccccc1)C5=O)COCC(C)N1C(=O)c2ccc3c4ccc5c6c(ccc(c7ccc(c2c37)C1=O)c64)C(=O)N(c1ccccc1)C5=O. The van der Waals surface area contributed by atoms with Crippen LogP contribution in [0.15, 0.2) is 237 Å². The second kappa shape index (κ2) is 26.8. The average molecular weight is 1650 g/mol. The molecule has 126 heavy (non-hydrogen) atoms. The van der Waals surface area contributed by atoms with Gasteiger partial charge in [0, 0.05) is 104 Å². The van der Waals surface area contributed by atoms with E-state index < -0.39 is 94.4 Å². The average Bonchev–Trinajstić information content (AvgIpc) is 0.696. The highest BCUT2D eigenvalue weighted by Crippen LogP contribution is 2.52. The Morgan fingerprint density at radius 1 is 0.214 bits per heavy atom. The Bertz CT molecular complexity index is 7080. The molecule has 6 heterocycles. The van der Waals surface area contributed by atoms with Crippen LogP contribution in [-0.4, -0.2) is 143 Å². The molecule has 24 rings (SSSR count). The third kappa shape index (κ3) is 9.88. The van der Waals surface area contributed by atoms with Crippen LogP contribution in [0.2, 0.25) is 0 Å². The Labute approximate surface area is 714 Å². The molecular weight excluding hydrogens is 1590 g/mol. The van der Waals surface area contributed by atoms with E-state index in [4.69, 9.17) is 14.2 Å². The van der Waals surface area contributed by atoms with Crippen molar-refractivity contribution in [3.63, 3.8) is 0 Å². The molecule has 21 nitrogen and oxygen atoms in total. The molecule has 3 atom stereocenters. The van der Waals surface area contributed by atoms with E-state index in [1.54, 1.807) is 166 Å². The fourth-order valence-corrected chi connectivity index (χ4v) is 21.5. The fourth-order valence-electron chi connectivity index (χ4n) is 21.5. The van der Waals surface area contributed by atoms with Crippen LogP contribution in [-0.2, 0) is 14.2 Å². The second-order valence-corrected chi connectivity index (χ2v) is 34.2. The van der Waals surface area contributed by atoms with Crippen molar-refractivity contribution in [2.75, 3.05) is 54.3 Å². The molecule has 608 valence electrons. The van der Waals surface area contributed by atoms with E-state index in [0.717, 1.165) is 80.8 Å². The fraction of sp³-hybridized carbons (Fsp3) is 0.143. The molecule has 21 heteroatoms. The summed E-state index contributed by atoms with van der Waals surface area (Å²) >= 11 is 0. The summed E-state index contributed by atoms with van der Waals surface area (Å²) in [6.07, 6.45) is 0.337. The Hall–Kier alpha value is -15.4. The van der Waals surface area contributed by atoms with Crippen LogP contribution in [0, 0.1) is 5.41 Å². The van der Waals surface area contributed by atoms with Crippen LogP contribution in [0.5, 0.6) is 0 Å². The van der Waals surface area contributed by atoms with Crippen molar-refractivity contribution in [1.82, 2.24) is 14.7 Å². The highest BCUT2D eigenvalue weighted by atomic mass is 16.5. The minimum atomic E-state index is -1.05. The normalized spacial score (nSPS) is 16.5. The number of imide groups is 6. The van der Waals surface area contributed by atoms with E-state index >= 15 is 28.8 Å². The number of amides is 12. The van der Waals surface area contributed by atoms with Crippen molar-refractivity contribution < 1.29 is 71.7 Å². The Morgan fingerprint density at radius 3 is 0.532 bits per heavy atom.